The van der Waals surface area contributed by atoms with Gasteiger partial charge in [0, 0.05) is 13.0 Å². The normalized spacial score (nSPS) is 46.2. The lowest BCUT2D eigenvalue weighted by Gasteiger charge is -2.58. The molecule has 0 spiro atoms. The SMILES string of the molecule is CC(CCCO)C1CCC2C3CCC4=CC(=O)CCC4(C)C3CCC12C. The van der Waals surface area contributed by atoms with Gasteiger partial charge in [0.25, 0.3) is 0 Å². The van der Waals surface area contributed by atoms with Crippen molar-refractivity contribution in [3.05, 3.63) is 11.6 Å². The van der Waals surface area contributed by atoms with E-state index in [0.717, 1.165) is 48.9 Å². The first-order chi connectivity index (χ1) is 12.4. The maximum absolute atomic E-state index is 12.0. The lowest BCUT2D eigenvalue weighted by Crippen LogP contribution is -2.50. The standard InChI is InChI=1S/C24H38O2/c1-16(5-4-14-25)20-8-9-21-19-7-6-17-15-18(26)10-12-23(17,2)22(19)11-13-24(20,21)3/h15-16,19-22,25H,4-14H2,1-3H3. The molecule has 0 aromatic rings. The van der Waals surface area contributed by atoms with Crippen molar-refractivity contribution in [2.24, 2.45) is 40.4 Å². The molecular weight excluding hydrogens is 320 g/mol. The Kier molecular flexibility index (Phi) is 4.87. The van der Waals surface area contributed by atoms with Crippen LogP contribution in [0.5, 0.6) is 0 Å². The van der Waals surface area contributed by atoms with Crippen LogP contribution in [0, 0.1) is 40.4 Å². The first kappa shape index (κ1) is 18.7. The molecule has 0 bridgehead atoms. The summed E-state index contributed by atoms with van der Waals surface area (Å²) < 4.78 is 0. The Hall–Kier alpha value is -0.630. The van der Waals surface area contributed by atoms with E-state index >= 15 is 0 Å². The molecule has 0 radical (unpaired) electrons. The minimum absolute atomic E-state index is 0.304. The van der Waals surface area contributed by atoms with Crippen molar-refractivity contribution < 1.29 is 9.90 Å². The number of allylic oxidation sites excluding steroid dienone is 1. The summed E-state index contributed by atoms with van der Waals surface area (Å²) in [5.41, 5.74) is 2.31. The van der Waals surface area contributed by atoms with Crippen LogP contribution < -0.4 is 0 Å². The zero-order valence-electron chi connectivity index (χ0n) is 17.1. The van der Waals surface area contributed by atoms with Crippen LogP contribution >= 0.6 is 0 Å². The van der Waals surface area contributed by atoms with Crippen LogP contribution in [0.1, 0.15) is 85.0 Å². The molecule has 7 unspecified atom stereocenters. The monoisotopic (exact) mass is 358 g/mol. The van der Waals surface area contributed by atoms with Gasteiger partial charge in [0.15, 0.2) is 5.78 Å². The zero-order chi connectivity index (χ0) is 18.5. The first-order valence-electron chi connectivity index (χ1n) is 11.2. The van der Waals surface area contributed by atoms with E-state index in [2.05, 4.69) is 20.8 Å². The Morgan fingerprint density at radius 3 is 2.69 bits per heavy atom. The summed E-state index contributed by atoms with van der Waals surface area (Å²) in [5, 5.41) is 9.24. The van der Waals surface area contributed by atoms with E-state index in [4.69, 9.17) is 0 Å². The van der Waals surface area contributed by atoms with Gasteiger partial charge in [-0.3, -0.25) is 4.79 Å². The fraction of sp³-hybridized carbons (Fsp3) is 0.875. The smallest absolute Gasteiger partial charge is 0.155 e. The lowest BCUT2D eigenvalue weighted by molar-refractivity contribution is -0.117. The minimum Gasteiger partial charge on any atom is -0.396 e. The third-order valence-corrected chi connectivity index (χ3v) is 9.54. The molecule has 146 valence electrons. The number of carbonyl (C=O) groups excluding carboxylic acids is 1. The highest BCUT2D eigenvalue weighted by Gasteiger charge is 2.59. The molecule has 3 saturated carbocycles. The van der Waals surface area contributed by atoms with E-state index in [0.29, 0.717) is 23.2 Å². The summed E-state index contributed by atoms with van der Waals surface area (Å²) in [4.78, 5) is 12.0. The number of hydrogen-bond acceptors (Lipinski definition) is 2. The van der Waals surface area contributed by atoms with E-state index in [1.54, 1.807) is 0 Å². The molecule has 4 rings (SSSR count). The van der Waals surface area contributed by atoms with E-state index in [1.165, 1.54) is 50.5 Å². The maximum atomic E-state index is 12.0. The second kappa shape index (κ2) is 6.76. The quantitative estimate of drug-likeness (QED) is 0.716. The molecule has 4 aliphatic carbocycles. The number of carbonyl (C=O) groups is 1. The minimum atomic E-state index is 0.304. The van der Waals surface area contributed by atoms with Gasteiger partial charge >= 0.3 is 0 Å². The van der Waals surface area contributed by atoms with Gasteiger partial charge in [-0.05, 0) is 104 Å². The van der Waals surface area contributed by atoms with Crippen molar-refractivity contribution in [1.82, 2.24) is 0 Å². The van der Waals surface area contributed by atoms with Gasteiger partial charge in [0.05, 0.1) is 0 Å². The molecule has 0 aromatic carbocycles. The average Bonchev–Trinajstić information content (AvgIpc) is 2.97. The third kappa shape index (κ3) is 2.74. The van der Waals surface area contributed by atoms with Crippen LogP contribution in [0.2, 0.25) is 0 Å². The highest BCUT2D eigenvalue weighted by molar-refractivity contribution is 5.91. The topological polar surface area (TPSA) is 37.3 Å². The summed E-state index contributed by atoms with van der Waals surface area (Å²) >= 11 is 0. The van der Waals surface area contributed by atoms with Crippen molar-refractivity contribution in [3.63, 3.8) is 0 Å². The second-order valence-electron chi connectivity index (χ2n) is 10.5. The Balaban J connectivity index is 1.56. The molecule has 0 heterocycles. The Morgan fingerprint density at radius 1 is 1.12 bits per heavy atom. The molecule has 3 fully saturated rings. The molecule has 4 aliphatic rings. The van der Waals surface area contributed by atoms with Crippen LogP contribution in [-0.4, -0.2) is 17.5 Å². The van der Waals surface area contributed by atoms with E-state index in [-0.39, 0.29) is 0 Å². The summed E-state index contributed by atoms with van der Waals surface area (Å²) in [6.07, 6.45) is 14.1. The fourth-order valence-electron chi connectivity index (χ4n) is 8.15. The molecule has 2 nitrogen and oxygen atoms in total. The van der Waals surface area contributed by atoms with E-state index in [9.17, 15) is 9.90 Å². The van der Waals surface area contributed by atoms with Crippen LogP contribution in [0.15, 0.2) is 11.6 Å². The van der Waals surface area contributed by atoms with Crippen LogP contribution in [-0.2, 0) is 4.79 Å². The van der Waals surface area contributed by atoms with E-state index < -0.39 is 0 Å². The van der Waals surface area contributed by atoms with Crippen molar-refractivity contribution in [2.75, 3.05) is 6.61 Å². The van der Waals surface area contributed by atoms with Gasteiger partial charge in [-0.25, -0.2) is 0 Å². The average molecular weight is 359 g/mol. The van der Waals surface area contributed by atoms with Gasteiger partial charge in [-0.2, -0.15) is 0 Å². The number of aliphatic hydroxyl groups excluding tert-OH is 1. The predicted octanol–water partition coefficient (Wildman–Crippen LogP) is 5.54. The fourth-order valence-corrected chi connectivity index (χ4v) is 8.15. The van der Waals surface area contributed by atoms with E-state index in [1.807, 2.05) is 6.08 Å². The second-order valence-corrected chi connectivity index (χ2v) is 10.5. The molecule has 0 saturated heterocycles. The van der Waals surface area contributed by atoms with Crippen molar-refractivity contribution in [3.8, 4) is 0 Å². The Morgan fingerprint density at radius 2 is 1.92 bits per heavy atom. The van der Waals surface area contributed by atoms with Gasteiger partial charge in [0.2, 0.25) is 0 Å². The highest BCUT2D eigenvalue weighted by atomic mass is 16.2. The van der Waals surface area contributed by atoms with Crippen LogP contribution in [0.25, 0.3) is 0 Å². The molecule has 7 atom stereocenters. The van der Waals surface area contributed by atoms with Crippen molar-refractivity contribution in [1.29, 1.82) is 0 Å². The predicted molar refractivity (Wildman–Crippen MR) is 106 cm³/mol. The molecule has 1 N–H and O–H groups in total. The van der Waals surface area contributed by atoms with Gasteiger partial charge in [-0.15, -0.1) is 0 Å². The first-order valence-corrected chi connectivity index (χ1v) is 11.2. The molecule has 2 heteroatoms. The van der Waals surface area contributed by atoms with Crippen molar-refractivity contribution in [2.45, 2.75) is 85.0 Å². The summed E-state index contributed by atoms with van der Waals surface area (Å²) in [6.45, 7) is 7.88. The maximum Gasteiger partial charge on any atom is 0.155 e. The number of fused-ring (bicyclic) bond motifs is 5. The van der Waals surface area contributed by atoms with Gasteiger partial charge in [-0.1, -0.05) is 26.3 Å². The van der Waals surface area contributed by atoms with Gasteiger partial charge < -0.3 is 5.11 Å². The molecule has 0 aromatic heterocycles. The lowest BCUT2D eigenvalue weighted by atomic mass is 9.46. The number of hydrogen-bond donors (Lipinski definition) is 1. The summed E-state index contributed by atoms with van der Waals surface area (Å²) in [6, 6.07) is 0. The summed E-state index contributed by atoms with van der Waals surface area (Å²) in [5.74, 6) is 4.53. The highest BCUT2D eigenvalue weighted by Crippen LogP contribution is 2.67. The molecule has 26 heavy (non-hydrogen) atoms. The van der Waals surface area contributed by atoms with Crippen LogP contribution in [0.3, 0.4) is 0 Å². The largest absolute Gasteiger partial charge is 0.396 e. The third-order valence-electron chi connectivity index (χ3n) is 9.54. The zero-order valence-corrected chi connectivity index (χ0v) is 17.1. The Labute approximate surface area is 159 Å². The van der Waals surface area contributed by atoms with Crippen LogP contribution in [0.4, 0.5) is 0 Å². The van der Waals surface area contributed by atoms with Crippen molar-refractivity contribution >= 4 is 5.78 Å². The number of rotatable bonds is 4. The Bertz CT molecular complexity index is 593. The molecule has 0 aliphatic heterocycles. The molecular formula is C24H38O2. The number of aliphatic hydroxyl groups is 1. The van der Waals surface area contributed by atoms with Gasteiger partial charge in [0.1, 0.15) is 0 Å². The molecule has 0 amide bonds. The number of ketones is 1. The summed E-state index contributed by atoms with van der Waals surface area (Å²) in [7, 11) is 0.